The van der Waals surface area contributed by atoms with E-state index in [-0.39, 0.29) is 7.43 Å². The standard InChI is InChI=1S/C31H42N2O.CH4/c1-24-10-9-13-26(20-24)28(15-6-5-14-27-21-32-18-19-34-27)30-23-33(22-25-11-3-2-4-12-25)31-17-8-7-16-29(30)31;/h7-10,13,16-17,20,23,25,27-28,32H,2-6,11-12,14-15,18-19,21-22H2,1H3;1H4. The molecule has 0 spiro atoms. The summed E-state index contributed by atoms with van der Waals surface area (Å²) in [6.07, 6.45) is 14.7. The predicted molar refractivity (Wildman–Crippen MR) is 149 cm³/mol. The normalized spacial score (nSPS) is 20.0. The second kappa shape index (κ2) is 12.7. The van der Waals surface area contributed by atoms with Crippen LogP contribution in [0.5, 0.6) is 0 Å². The maximum absolute atomic E-state index is 5.94. The number of unbranched alkanes of at least 4 members (excludes halogenated alkanes) is 1. The third kappa shape index (κ3) is 6.57. The van der Waals surface area contributed by atoms with E-state index in [0.29, 0.717) is 12.0 Å². The minimum Gasteiger partial charge on any atom is -0.376 e. The van der Waals surface area contributed by atoms with E-state index < -0.39 is 0 Å². The first kappa shape index (κ1) is 26.0. The summed E-state index contributed by atoms with van der Waals surface area (Å²) in [4.78, 5) is 0. The van der Waals surface area contributed by atoms with Crippen molar-refractivity contribution in [3.8, 4) is 0 Å². The lowest BCUT2D eigenvalue weighted by molar-refractivity contribution is 0.0220. The van der Waals surface area contributed by atoms with Gasteiger partial charge in [0.1, 0.15) is 0 Å². The molecule has 1 aliphatic heterocycles. The van der Waals surface area contributed by atoms with Gasteiger partial charge in [-0.25, -0.2) is 0 Å². The molecule has 35 heavy (non-hydrogen) atoms. The molecular weight excluding hydrogens is 428 g/mol. The summed E-state index contributed by atoms with van der Waals surface area (Å²) in [7, 11) is 0. The smallest absolute Gasteiger partial charge is 0.0700 e. The van der Waals surface area contributed by atoms with Gasteiger partial charge in [0.25, 0.3) is 0 Å². The lowest BCUT2D eigenvalue weighted by atomic mass is 9.86. The van der Waals surface area contributed by atoms with Gasteiger partial charge in [-0.15, -0.1) is 0 Å². The number of benzene rings is 2. The van der Waals surface area contributed by atoms with Crippen LogP contribution >= 0.6 is 0 Å². The monoisotopic (exact) mass is 474 g/mol. The second-order valence-electron chi connectivity index (χ2n) is 10.7. The summed E-state index contributed by atoms with van der Waals surface area (Å²) < 4.78 is 8.53. The molecule has 0 radical (unpaired) electrons. The Morgan fingerprint density at radius 3 is 2.69 bits per heavy atom. The van der Waals surface area contributed by atoms with E-state index in [4.69, 9.17) is 4.74 Å². The molecule has 3 heteroatoms. The maximum atomic E-state index is 5.94. The van der Waals surface area contributed by atoms with E-state index in [9.17, 15) is 0 Å². The Labute approximate surface area is 213 Å². The van der Waals surface area contributed by atoms with Crippen LogP contribution in [0.3, 0.4) is 0 Å². The van der Waals surface area contributed by atoms with E-state index in [0.717, 1.165) is 32.0 Å². The van der Waals surface area contributed by atoms with Gasteiger partial charge in [0.2, 0.25) is 0 Å². The van der Waals surface area contributed by atoms with Gasteiger partial charge in [-0.2, -0.15) is 0 Å². The Bertz CT molecular complexity index is 1040. The Morgan fingerprint density at radius 2 is 1.89 bits per heavy atom. The van der Waals surface area contributed by atoms with Crippen molar-refractivity contribution in [1.82, 2.24) is 9.88 Å². The summed E-state index contributed by atoms with van der Waals surface area (Å²) in [5, 5.41) is 4.92. The second-order valence-corrected chi connectivity index (χ2v) is 10.7. The maximum Gasteiger partial charge on any atom is 0.0700 e. The van der Waals surface area contributed by atoms with Gasteiger partial charge in [0.15, 0.2) is 0 Å². The predicted octanol–water partition coefficient (Wildman–Crippen LogP) is 7.85. The van der Waals surface area contributed by atoms with Gasteiger partial charge in [0, 0.05) is 42.7 Å². The number of rotatable bonds is 9. The fourth-order valence-corrected chi connectivity index (χ4v) is 6.27. The van der Waals surface area contributed by atoms with Crippen LogP contribution in [-0.4, -0.2) is 30.4 Å². The number of aryl methyl sites for hydroxylation is 1. The molecule has 2 fully saturated rings. The third-order valence-electron chi connectivity index (χ3n) is 8.09. The molecule has 1 saturated carbocycles. The Morgan fingerprint density at radius 1 is 1.03 bits per heavy atom. The van der Waals surface area contributed by atoms with Crippen LogP contribution < -0.4 is 5.32 Å². The number of hydrogen-bond donors (Lipinski definition) is 1. The van der Waals surface area contributed by atoms with Crippen molar-refractivity contribution in [2.24, 2.45) is 5.92 Å². The average molecular weight is 475 g/mol. The molecule has 1 aliphatic carbocycles. The van der Waals surface area contributed by atoms with Crippen LogP contribution in [0, 0.1) is 12.8 Å². The minimum atomic E-state index is 0. The molecule has 0 amide bonds. The number of para-hydroxylation sites is 1. The van der Waals surface area contributed by atoms with Gasteiger partial charge < -0.3 is 14.6 Å². The lowest BCUT2D eigenvalue weighted by Gasteiger charge is -2.24. The molecule has 3 aromatic rings. The van der Waals surface area contributed by atoms with Crippen LogP contribution in [0.15, 0.2) is 54.7 Å². The molecule has 2 unspecified atom stereocenters. The molecule has 5 rings (SSSR count). The molecule has 2 aromatic carbocycles. The topological polar surface area (TPSA) is 26.2 Å². The molecule has 3 nitrogen and oxygen atoms in total. The summed E-state index contributed by atoms with van der Waals surface area (Å²) in [6, 6.07) is 18.3. The van der Waals surface area contributed by atoms with Crippen molar-refractivity contribution in [1.29, 1.82) is 0 Å². The van der Waals surface area contributed by atoms with Gasteiger partial charge >= 0.3 is 0 Å². The van der Waals surface area contributed by atoms with Crippen molar-refractivity contribution >= 4 is 10.9 Å². The van der Waals surface area contributed by atoms with Crippen molar-refractivity contribution in [3.63, 3.8) is 0 Å². The number of morpholine rings is 1. The first-order chi connectivity index (χ1) is 16.8. The fraction of sp³-hybridized carbons (Fsp3) is 0.562. The van der Waals surface area contributed by atoms with Crippen LogP contribution in [0.25, 0.3) is 10.9 Å². The molecule has 2 aliphatic rings. The number of aromatic nitrogens is 1. The first-order valence-corrected chi connectivity index (χ1v) is 13.7. The van der Waals surface area contributed by atoms with Gasteiger partial charge in [-0.3, -0.25) is 0 Å². The summed E-state index contributed by atoms with van der Waals surface area (Å²) in [5.74, 6) is 1.28. The van der Waals surface area contributed by atoms with Gasteiger partial charge in [0.05, 0.1) is 12.7 Å². The quantitative estimate of drug-likeness (QED) is 0.320. The fourth-order valence-electron chi connectivity index (χ4n) is 6.27. The Kier molecular flexibility index (Phi) is 9.45. The van der Waals surface area contributed by atoms with E-state index in [1.165, 1.54) is 85.5 Å². The van der Waals surface area contributed by atoms with Crippen molar-refractivity contribution < 1.29 is 4.74 Å². The molecule has 1 saturated heterocycles. The molecule has 0 bridgehead atoms. The molecule has 2 heterocycles. The Balaban J connectivity index is 0.00000289. The summed E-state index contributed by atoms with van der Waals surface area (Å²) >= 11 is 0. The highest BCUT2D eigenvalue weighted by atomic mass is 16.5. The zero-order chi connectivity index (χ0) is 23.2. The lowest BCUT2D eigenvalue weighted by Crippen LogP contribution is -2.38. The minimum absolute atomic E-state index is 0. The number of nitrogens with zero attached hydrogens (tertiary/aromatic N) is 1. The van der Waals surface area contributed by atoms with E-state index in [2.05, 4.69) is 71.5 Å². The summed E-state index contributed by atoms with van der Waals surface area (Å²) in [6.45, 7) is 6.26. The van der Waals surface area contributed by atoms with Crippen LogP contribution in [0.4, 0.5) is 0 Å². The molecule has 2 atom stereocenters. The molecule has 190 valence electrons. The SMILES string of the molecule is C.Cc1cccc(C(CCCCC2CNCCO2)c2cn(CC3CCCCC3)c3ccccc23)c1. The van der Waals surface area contributed by atoms with E-state index >= 15 is 0 Å². The van der Waals surface area contributed by atoms with Gasteiger partial charge in [-0.05, 0) is 55.7 Å². The van der Waals surface area contributed by atoms with Crippen LogP contribution in [-0.2, 0) is 11.3 Å². The van der Waals surface area contributed by atoms with Crippen molar-refractivity contribution in [2.75, 3.05) is 19.7 Å². The molecule has 1 N–H and O–H groups in total. The van der Waals surface area contributed by atoms with Gasteiger partial charge in [-0.1, -0.05) is 87.6 Å². The van der Waals surface area contributed by atoms with Crippen molar-refractivity contribution in [2.45, 2.75) is 90.7 Å². The zero-order valence-corrected chi connectivity index (χ0v) is 21.0. The first-order valence-electron chi connectivity index (χ1n) is 13.7. The third-order valence-corrected chi connectivity index (χ3v) is 8.09. The van der Waals surface area contributed by atoms with E-state index in [1.807, 2.05) is 0 Å². The van der Waals surface area contributed by atoms with Crippen LogP contribution in [0.2, 0.25) is 0 Å². The molecule has 1 aromatic heterocycles. The highest BCUT2D eigenvalue weighted by Gasteiger charge is 2.22. The highest BCUT2D eigenvalue weighted by Crippen LogP contribution is 2.37. The highest BCUT2D eigenvalue weighted by molar-refractivity contribution is 5.85. The number of nitrogens with one attached hydrogen (secondary N) is 1. The summed E-state index contributed by atoms with van der Waals surface area (Å²) in [5.41, 5.74) is 5.77. The zero-order valence-electron chi connectivity index (χ0n) is 21.0. The van der Waals surface area contributed by atoms with E-state index in [1.54, 1.807) is 0 Å². The number of ether oxygens (including phenoxy) is 1. The average Bonchev–Trinajstić information content (AvgIpc) is 3.23. The number of hydrogen-bond acceptors (Lipinski definition) is 2. The largest absolute Gasteiger partial charge is 0.376 e. The molecular formula is C32H46N2O. The van der Waals surface area contributed by atoms with Crippen molar-refractivity contribution in [3.05, 3.63) is 71.4 Å². The Hall–Kier alpha value is -2.10. The van der Waals surface area contributed by atoms with Crippen LogP contribution in [0.1, 0.15) is 87.8 Å². The number of fused-ring (bicyclic) bond motifs is 1.